The van der Waals surface area contributed by atoms with Crippen molar-refractivity contribution in [3.8, 4) is 11.3 Å². The lowest BCUT2D eigenvalue weighted by molar-refractivity contribution is 0.0954. The summed E-state index contributed by atoms with van der Waals surface area (Å²) in [5.41, 5.74) is 3.49. The van der Waals surface area contributed by atoms with Crippen LogP contribution in [-0.4, -0.2) is 35.7 Å². The van der Waals surface area contributed by atoms with Crippen LogP contribution in [0.4, 0.5) is 5.69 Å². The lowest BCUT2D eigenvalue weighted by Crippen LogP contribution is -2.30. The highest BCUT2D eigenvalue weighted by molar-refractivity contribution is 5.99. The number of anilines is 1. The monoisotopic (exact) mass is 348 g/mol. The average molecular weight is 348 g/mol. The molecule has 5 nitrogen and oxygen atoms in total. The molecule has 134 valence electrons. The number of carbonyl (C=O) groups excluding carboxylic acids is 1. The van der Waals surface area contributed by atoms with Crippen LogP contribution in [0, 0.1) is 0 Å². The molecule has 0 aliphatic carbocycles. The van der Waals surface area contributed by atoms with E-state index in [1.54, 1.807) is 6.20 Å². The molecule has 0 fully saturated rings. The lowest BCUT2D eigenvalue weighted by Gasteiger charge is -2.23. The van der Waals surface area contributed by atoms with Gasteiger partial charge in [0.25, 0.3) is 5.91 Å². The van der Waals surface area contributed by atoms with Gasteiger partial charge in [-0.25, -0.2) is 0 Å². The first kappa shape index (κ1) is 17.7. The van der Waals surface area contributed by atoms with Crippen molar-refractivity contribution in [1.29, 1.82) is 0 Å². The fourth-order valence-electron chi connectivity index (χ4n) is 2.96. The van der Waals surface area contributed by atoms with Crippen molar-refractivity contribution in [3.05, 3.63) is 72.4 Å². The number of aromatic amines is 1. The Labute approximate surface area is 154 Å². The van der Waals surface area contributed by atoms with Gasteiger partial charge in [0.1, 0.15) is 0 Å². The van der Waals surface area contributed by atoms with E-state index in [1.165, 1.54) is 5.69 Å². The highest BCUT2D eigenvalue weighted by Gasteiger charge is 2.14. The molecule has 0 unspecified atom stereocenters. The van der Waals surface area contributed by atoms with Gasteiger partial charge in [-0.05, 0) is 25.5 Å². The SMILES string of the molecule is CCN(CCCNC(=O)c1cn[nH]c1-c1ccccc1)c1ccccc1. The van der Waals surface area contributed by atoms with Crippen molar-refractivity contribution < 1.29 is 4.79 Å². The van der Waals surface area contributed by atoms with Crippen molar-refractivity contribution in [2.45, 2.75) is 13.3 Å². The van der Waals surface area contributed by atoms with Gasteiger partial charge in [0, 0.05) is 30.9 Å². The Morgan fingerprint density at radius 3 is 2.46 bits per heavy atom. The molecule has 3 rings (SSSR count). The van der Waals surface area contributed by atoms with Crippen LogP contribution in [-0.2, 0) is 0 Å². The standard InChI is InChI=1S/C21H24N4O/c1-2-25(18-12-7-4-8-13-18)15-9-14-22-21(26)19-16-23-24-20(19)17-10-5-3-6-11-17/h3-8,10-13,16H,2,9,14-15H2,1H3,(H,22,26)(H,23,24). The first-order valence-electron chi connectivity index (χ1n) is 8.96. The molecule has 0 saturated carbocycles. The van der Waals surface area contributed by atoms with Crippen molar-refractivity contribution in [2.75, 3.05) is 24.5 Å². The molecule has 3 aromatic rings. The number of hydrogen-bond donors (Lipinski definition) is 2. The Morgan fingerprint density at radius 1 is 1.08 bits per heavy atom. The molecule has 0 atom stereocenters. The number of benzene rings is 2. The lowest BCUT2D eigenvalue weighted by atomic mass is 10.1. The number of H-pyrrole nitrogens is 1. The van der Waals surface area contributed by atoms with Crippen LogP contribution < -0.4 is 10.2 Å². The van der Waals surface area contributed by atoms with Gasteiger partial charge in [0.05, 0.1) is 17.5 Å². The molecular weight excluding hydrogens is 324 g/mol. The third-order valence-electron chi connectivity index (χ3n) is 4.34. The molecule has 0 saturated heterocycles. The van der Waals surface area contributed by atoms with E-state index >= 15 is 0 Å². The van der Waals surface area contributed by atoms with Gasteiger partial charge in [-0.3, -0.25) is 9.89 Å². The molecular formula is C21H24N4O. The highest BCUT2D eigenvalue weighted by atomic mass is 16.1. The van der Waals surface area contributed by atoms with Gasteiger partial charge in [-0.2, -0.15) is 5.10 Å². The summed E-state index contributed by atoms with van der Waals surface area (Å²) in [6, 6.07) is 20.1. The number of rotatable bonds is 8. The first-order valence-corrected chi connectivity index (χ1v) is 8.96. The summed E-state index contributed by atoms with van der Waals surface area (Å²) in [5.74, 6) is -0.0969. The number of hydrogen-bond acceptors (Lipinski definition) is 3. The Hall–Kier alpha value is -3.08. The fraction of sp³-hybridized carbons (Fsp3) is 0.238. The van der Waals surface area contributed by atoms with Crippen LogP contribution in [0.5, 0.6) is 0 Å². The first-order chi connectivity index (χ1) is 12.8. The molecule has 1 aromatic heterocycles. The Balaban J connectivity index is 1.53. The Morgan fingerprint density at radius 2 is 1.77 bits per heavy atom. The van der Waals surface area contributed by atoms with E-state index in [-0.39, 0.29) is 5.91 Å². The maximum Gasteiger partial charge on any atom is 0.255 e. The minimum absolute atomic E-state index is 0.0969. The van der Waals surface area contributed by atoms with E-state index in [0.29, 0.717) is 12.1 Å². The zero-order chi connectivity index (χ0) is 18.2. The molecule has 26 heavy (non-hydrogen) atoms. The van der Waals surface area contributed by atoms with Gasteiger partial charge in [-0.1, -0.05) is 48.5 Å². The summed E-state index contributed by atoms with van der Waals surface area (Å²) in [6.45, 7) is 4.61. The zero-order valence-corrected chi connectivity index (χ0v) is 15.0. The average Bonchev–Trinajstić information content (AvgIpc) is 3.19. The molecule has 0 aliphatic heterocycles. The van der Waals surface area contributed by atoms with Gasteiger partial charge in [0.2, 0.25) is 0 Å². The van der Waals surface area contributed by atoms with Crippen LogP contribution in [0.2, 0.25) is 0 Å². The molecule has 2 N–H and O–H groups in total. The second-order valence-electron chi connectivity index (χ2n) is 6.05. The second kappa shape index (κ2) is 8.85. The molecule has 0 radical (unpaired) electrons. The molecule has 0 bridgehead atoms. The van der Waals surface area contributed by atoms with Crippen molar-refractivity contribution in [1.82, 2.24) is 15.5 Å². The van der Waals surface area contributed by atoms with Crippen LogP contribution in [0.1, 0.15) is 23.7 Å². The minimum Gasteiger partial charge on any atom is -0.372 e. The van der Waals surface area contributed by atoms with Gasteiger partial charge >= 0.3 is 0 Å². The predicted octanol–water partition coefficient (Wildman–Crippen LogP) is 3.72. The number of para-hydroxylation sites is 1. The quantitative estimate of drug-likeness (QED) is 0.610. The van der Waals surface area contributed by atoms with Crippen LogP contribution in [0.25, 0.3) is 11.3 Å². The number of carbonyl (C=O) groups is 1. The zero-order valence-electron chi connectivity index (χ0n) is 15.0. The maximum atomic E-state index is 12.5. The summed E-state index contributed by atoms with van der Waals surface area (Å²) >= 11 is 0. The molecule has 5 heteroatoms. The molecule has 0 spiro atoms. The van der Waals surface area contributed by atoms with Crippen LogP contribution in [0.15, 0.2) is 66.9 Å². The van der Waals surface area contributed by atoms with Crippen molar-refractivity contribution in [3.63, 3.8) is 0 Å². The predicted molar refractivity (Wildman–Crippen MR) is 105 cm³/mol. The molecule has 0 aliphatic rings. The summed E-state index contributed by atoms with van der Waals surface area (Å²) in [6.07, 6.45) is 2.47. The van der Waals surface area contributed by atoms with Crippen molar-refractivity contribution >= 4 is 11.6 Å². The van der Waals surface area contributed by atoms with Gasteiger partial charge in [-0.15, -0.1) is 0 Å². The Bertz CT molecular complexity index is 814. The van der Waals surface area contributed by atoms with Crippen molar-refractivity contribution in [2.24, 2.45) is 0 Å². The summed E-state index contributed by atoms with van der Waals surface area (Å²) in [5, 5.41) is 9.96. The largest absolute Gasteiger partial charge is 0.372 e. The smallest absolute Gasteiger partial charge is 0.255 e. The number of amides is 1. The normalized spacial score (nSPS) is 10.5. The Kier molecular flexibility index (Phi) is 6.04. The van der Waals surface area contributed by atoms with E-state index in [1.807, 2.05) is 48.5 Å². The summed E-state index contributed by atoms with van der Waals surface area (Å²) in [7, 11) is 0. The molecule has 2 aromatic carbocycles. The number of aromatic nitrogens is 2. The number of nitrogens with one attached hydrogen (secondary N) is 2. The molecule has 1 amide bonds. The number of nitrogens with zero attached hydrogens (tertiary/aromatic N) is 2. The van der Waals surface area contributed by atoms with Crippen LogP contribution in [0.3, 0.4) is 0 Å². The third-order valence-corrected chi connectivity index (χ3v) is 4.34. The maximum absolute atomic E-state index is 12.5. The fourth-order valence-corrected chi connectivity index (χ4v) is 2.96. The van der Waals surface area contributed by atoms with E-state index in [9.17, 15) is 4.79 Å². The van der Waals surface area contributed by atoms with Gasteiger partial charge < -0.3 is 10.2 Å². The molecule has 1 heterocycles. The second-order valence-corrected chi connectivity index (χ2v) is 6.05. The van der Waals surface area contributed by atoms with E-state index < -0.39 is 0 Å². The van der Waals surface area contributed by atoms with E-state index in [0.717, 1.165) is 30.8 Å². The topological polar surface area (TPSA) is 61.0 Å². The van der Waals surface area contributed by atoms with Gasteiger partial charge in [0.15, 0.2) is 0 Å². The summed E-state index contributed by atoms with van der Waals surface area (Å²) < 4.78 is 0. The van der Waals surface area contributed by atoms with E-state index in [4.69, 9.17) is 0 Å². The highest BCUT2D eigenvalue weighted by Crippen LogP contribution is 2.20. The summed E-state index contributed by atoms with van der Waals surface area (Å²) in [4.78, 5) is 14.8. The van der Waals surface area contributed by atoms with E-state index in [2.05, 4.69) is 39.5 Å². The third kappa shape index (κ3) is 4.30. The van der Waals surface area contributed by atoms with Crippen LogP contribution >= 0.6 is 0 Å². The minimum atomic E-state index is -0.0969.